The molecule has 0 radical (unpaired) electrons. The van der Waals surface area contributed by atoms with E-state index < -0.39 is 5.43 Å². The van der Waals surface area contributed by atoms with Gasteiger partial charge in [-0.15, -0.1) is 0 Å². The quantitative estimate of drug-likeness (QED) is 0.595. The van der Waals surface area contributed by atoms with Crippen molar-refractivity contribution in [3.8, 4) is 0 Å². The first-order valence-corrected chi connectivity index (χ1v) is 8.28. The van der Waals surface area contributed by atoms with Crippen molar-refractivity contribution in [3.05, 3.63) is 56.3 Å². The predicted octanol–water partition coefficient (Wildman–Crippen LogP) is 0.663. The van der Waals surface area contributed by atoms with Crippen molar-refractivity contribution in [1.82, 2.24) is 4.90 Å². The molecule has 0 spiro atoms. The summed E-state index contributed by atoms with van der Waals surface area (Å²) in [6.07, 6.45) is 0. The van der Waals surface area contributed by atoms with E-state index in [0.717, 1.165) is 32.7 Å². The zero-order chi connectivity index (χ0) is 16.9. The first kappa shape index (κ1) is 16.7. The maximum absolute atomic E-state index is 11.9. The van der Waals surface area contributed by atoms with Crippen LogP contribution in [0.3, 0.4) is 0 Å². The number of nitrogens with zero attached hydrogens (tertiary/aromatic N) is 2. The Balaban J connectivity index is 1.58. The lowest BCUT2D eigenvalue weighted by atomic mass is 10.1. The first-order chi connectivity index (χ1) is 11.7. The second-order valence-electron chi connectivity index (χ2n) is 6.05. The van der Waals surface area contributed by atoms with Gasteiger partial charge in [-0.25, -0.2) is 0 Å². The summed E-state index contributed by atoms with van der Waals surface area (Å²) in [6, 6.07) is 10.4. The molecule has 0 bridgehead atoms. The average Bonchev–Trinajstić information content (AvgIpc) is 2.62. The second kappa shape index (κ2) is 7.59. The summed E-state index contributed by atoms with van der Waals surface area (Å²) in [5.41, 5.74) is 1.52. The molecule has 0 aliphatic carbocycles. The molecule has 1 saturated heterocycles. The number of anilines is 2. The summed E-state index contributed by atoms with van der Waals surface area (Å²) in [6.45, 7) is 5.23. The summed E-state index contributed by atoms with van der Waals surface area (Å²) >= 11 is 0. The first-order valence-electron chi connectivity index (χ1n) is 8.28. The fourth-order valence-corrected chi connectivity index (χ4v) is 3.09. The number of rotatable bonds is 7. The molecule has 1 aliphatic rings. The summed E-state index contributed by atoms with van der Waals surface area (Å²) in [5, 5.41) is 3.03. The molecule has 1 heterocycles. The number of hydrogen-bond donors (Lipinski definition) is 1. The molecule has 1 fully saturated rings. The number of piperazine rings is 1. The van der Waals surface area contributed by atoms with Crippen LogP contribution in [0.4, 0.5) is 11.4 Å². The molecule has 0 saturated carbocycles. The molecule has 0 aromatic heterocycles. The number of benzene rings is 1. The van der Waals surface area contributed by atoms with Crippen LogP contribution in [0.25, 0.3) is 0 Å². The van der Waals surface area contributed by atoms with Crippen molar-refractivity contribution >= 4 is 11.4 Å². The Labute approximate surface area is 141 Å². The molecule has 6 nitrogen and oxygen atoms in total. The van der Waals surface area contributed by atoms with Crippen LogP contribution in [0.1, 0.15) is 5.56 Å². The molecule has 1 aliphatic heterocycles. The number of hydrogen-bond acceptors (Lipinski definition) is 6. The van der Waals surface area contributed by atoms with Crippen molar-refractivity contribution in [2.75, 3.05) is 56.7 Å². The fourth-order valence-electron chi connectivity index (χ4n) is 3.09. The Bertz CT molecular complexity index is 730. The Morgan fingerprint density at radius 2 is 1.75 bits per heavy atom. The van der Waals surface area contributed by atoms with Gasteiger partial charge in [0.05, 0.1) is 6.61 Å². The van der Waals surface area contributed by atoms with Gasteiger partial charge in [0.25, 0.3) is 10.9 Å². The molecule has 0 amide bonds. The Morgan fingerprint density at radius 3 is 2.42 bits per heavy atom. The van der Waals surface area contributed by atoms with E-state index in [4.69, 9.17) is 4.74 Å². The van der Waals surface area contributed by atoms with Crippen molar-refractivity contribution in [2.24, 2.45) is 0 Å². The Kier molecular flexibility index (Phi) is 5.27. The summed E-state index contributed by atoms with van der Waals surface area (Å²) in [4.78, 5) is 28.1. The molecular weight excluding hydrogens is 306 g/mol. The van der Waals surface area contributed by atoms with Crippen molar-refractivity contribution < 1.29 is 4.74 Å². The average molecular weight is 329 g/mol. The third-order valence-electron chi connectivity index (χ3n) is 4.43. The SMILES string of the molecule is COCCNc1c(N2CCN(Cc3ccccc3)CC2)c(=O)c1=O. The van der Waals surface area contributed by atoms with Gasteiger partial charge in [-0.05, 0) is 5.56 Å². The molecule has 0 atom stereocenters. The fraction of sp³-hybridized carbons (Fsp3) is 0.444. The van der Waals surface area contributed by atoms with Gasteiger partial charge in [0.15, 0.2) is 0 Å². The van der Waals surface area contributed by atoms with Crippen LogP contribution < -0.4 is 21.1 Å². The minimum absolute atomic E-state index is 0.369. The standard InChI is InChI=1S/C18H23N3O3/c1-24-12-7-19-15-16(18(23)17(15)22)21-10-8-20(9-11-21)13-14-5-3-2-4-6-14/h2-6,19H,7-13H2,1H3. The van der Waals surface area contributed by atoms with E-state index in [0.29, 0.717) is 24.5 Å². The molecule has 3 rings (SSSR count). The molecule has 128 valence electrons. The Hall–Kier alpha value is -2.18. The lowest BCUT2D eigenvalue weighted by Crippen LogP contribution is -2.51. The lowest BCUT2D eigenvalue weighted by Gasteiger charge is -2.37. The number of ether oxygens (including phenoxy) is 1. The van der Waals surface area contributed by atoms with Crippen molar-refractivity contribution in [1.29, 1.82) is 0 Å². The van der Waals surface area contributed by atoms with E-state index in [9.17, 15) is 9.59 Å². The third kappa shape index (κ3) is 3.49. The molecule has 1 N–H and O–H groups in total. The van der Waals surface area contributed by atoms with Gasteiger partial charge in [-0.2, -0.15) is 0 Å². The Morgan fingerprint density at radius 1 is 1.04 bits per heavy atom. The van der Waals surface area contributed by atoms with Crippen LogP contribution in [-0.4, -0.2) is 51.3 Å². The summed E-state index contributed by atoms with van der Waals surface area (Å²) in [7, 11) is 1.61. The highest BCUT2D eigenvalue weighted by Gasteiger charge is 2.28. The van der Waals surface area contributed by atoms with Gasteiger partial charge in [-0.3, -0.25) is 14.5 Å². The highest BCUT2D eigenvalue weighted by molar-refractivity contribution is 5.75. The molecule has 0 unspecified atom stereocenters. The zero-order valence-corrected chi connectivity index (χ0v) is 14.0. The third-order valence-corrected chi connectivity index (χ3v) is 4.43. The summed E-state index contributed by atoms with van der Waals surface area (Å²) in [5.74, 6) is 0. The minimum Gasteiger partial charge on any atom is -0.383 e. The largest absolute Gasteiger partial charge is 0.383 e. The predicted molar refractivity (Wildman–Crippen MR) is 95.7 cm³/mol. The van der Waals surface area contributed by atoms with E-state index in [1.54, 1.807) is 7.11 Å². The highest BCUT2D eigenvalue weighted by atomic mass is 16.5. The van der Waals surface area contributed by atoms with Crippen LogP contribution in [0.2, 0.25) is 0 Å². The maximum atomic E-state index is 11.9. The van der Waals surface area contributed by atoms with Crippen LogP contribution >= 0.6 is 0 Å². The second-order valence-corrected chi connectivity index (χ2v) is 6.05. The van der Waals surface area contributed by atoms with Gasteiger partial charge < -0.3 is 15.0 Å². The van der Waals surface area contributed by atoms with Gasteiger partial charge in [0.2, 0.25) is 0 Å². The monoisotopic (exact) mass is 329 g/mol. The summed E-state index contributed by atoms with van der Waals surface area (Å²) < 4.78 is 4.97. The number of nitrogens with one attached hydrogen (secondary N) is 1. The van der Waals surface area contributed by atoms with Gasteiger partial charge in [0, 0.05) is 46.4 Å². The minimum atomic E-state index is -0.409. The van der Waals surface area contributed by atoms with Gasteiger partial charge >= 0.3 is 0 Å². The molecular formula is C18H23N3O3. The van der Waals surface area contributed by atoms with E-state index in [2.05, 4.69) is 22.3 Å². The van der Waals surface area contributed by atoms with Gasteiger partial charge in [-0.1, -0.05) is 30.3 Å². The topological polar surface area (TPSA) is 61.9 Å². The van der Waals surface area contributed by atoms with E-state index in [-0.39, 0.29) is 5.43 Å². The van der Waals surface area contributed by atoms with Crippen LogP contribution in [0, 0.1) is 0 Å². The van der Waals surface area contributed by atoms with E-state index in [1.807, 2.05) is 23.1 Å². The van der Waals surface area contributed by atoms with Crippen LogP contribution in [-0.2, 0) is 11.3 Å². The normalized spacial score (nSPS) is 15.8. The van der Waals surface area contributed by atoms with Crippen molar-refractivity contribution in [2.45, 2.75) is 6.54 Å². The number of methoxy groups -OCH3 is 1. The molecule has 24 heavy (non-hydrogen) atoms. The maximum Gasteiger partial charge on any atom is 0.253 e. The molecule has 2 aromatic carbocycles. The molecule has 2 aromatic rings. The van der Waals surface area contributed by atoms with Crippen LogP contribution in [0.5, 0.6) is 0 Å². The highest BCUT2D eigenvalue weighted by Crippen LogP contribution is 2.21. The van der Waals surface area contributed by atoms with E-state index in [1.165, 1.54) is 5.56 Å². The zero-order valence-electron chi connectivity index (χ0n) is 14.0. The smallest absolute Gasteiger partial charge is 0.253 e. The molecule has 6 heteroatoms. The van der Waals surface area contributed by atoms with Crippen molar-refractivity contribution in [3.63, 3.8) is 0 Å². The lowest BCUT2D eigenvalue weighted by molar-refractivity contribution is 0.210. The van der Waals surface area contributed by atoms with Gasteiger partial charge in [0.1, 0.15) is 11.4 Å². The van der Waals surface area contributed by atoms with Crippen LogP contribution in [0.15, 0.2) is 39.9 Å². The van der Waals surface area contributed by atoms with E-state index >= 15 is 0 Å².